The lowest BCUT2D eigenvalue weighted by molar-refractivity contribution is 0.585. The van der Waals surface area contributed by atoms with Crippen LogP contribution in [0.1, 0.15) is 326 Å². The summed E-state index contributed by atoms with van der Waals surface area (Å²) in [6.07, 6.45) is 57.3. The quantitative estimate of drug-likeness (QED) is 0.0634. The van der Waals surface area contributed by atoms with Crippen LogP contribution in [0.4, 0.5) is 0 Å². The Morgan fingerprint density at radius 2 is 0.173 bits per heavy atom. The monoisotopic (exact) mass is 745 g/mol. The summed E-state index contributed by atoms with van der Waals surface area (Å²) in [5.74, 6) is 0. The Balaban J connectivity index is -0.0000000964. The second kappa shape index (κ2) is 79.6. The summed E-state index contributed by atoms with van der Waals surface area (Å²) in [5, 5.41) is 0. The van der Waals surface area contributed by atoms with E-state index in [-0.39, 0.29) is 12.3 Å². The summed E-state index contributed by atoms with van der Waals surface area (Å²) in [6.45, 7) is 22.7. The van der Waals surface area contributed by atoms with Gasteiger partial charge in [-0.2, -0.15) is 0 Å². The molecule has 0 saturated heterocycles. The molecule has 0 spiro atoms. The van der Waals surface area contributed by atoms with Crippen molar-refractivity contribution in [1.29, 1.82) is 0 Å². The molecule has 0 aliphatic heterocycles. The zero-order chi connectivity index (χ0) is 38.3. The minimum absolute atomic E-state index is 0. The molecule has 0 fully saturated rings. The Labute approximate surface area is 337 Å². The van der Waals surface area contributed by atoms with Crippen LogP contribution in [0.25, 0.3) is 0 Å². The lowest BCUT2D eigenvalue weighted by atomic mass is 10.1. The van der Waals surface area contributed by atoms with Crippen molar-refractivity contribution in [3.05, 3.63) is 0 Å². The molecular weight excluding hydrogens is 629 g/mol. The van der Waals surface area contributed by atoms with Crippen molar-refractivity contribution in [2.75, 3.05) is 0 Å². The van der Waals surface area contributed by atoms with E-state index in [2.05, 4.69) is 69.2 Å². The fraction of sp³-hybridized carbons (Fsp3) is 1.00. The molecule has 0 saturated carbocycles. The Kier molecular flexibility index (Phi) is 102. The molecule has 0 aliphatic rings. The molecule has 0 atom stereocenters. The van der Waals surface area contributed by atoms with E-state index in [4.69, 9.17) is 0 Å². The minimum atomic E-state index is 0. The Morgan fingerprint density at radius 3 is 0.231 bits per heavy atom. The topological polar surface area (TPSA) is 70.0 Å². The SMILES string of the molecule is CCCCCCCCCC.CCCCCCCCCC.CCCCCCCCCC.CCCCCCCCCC.CCCCCCCCCC.N.N. The number of unbranched alkanes of at least 4 members (excludes halogenated alkanes) is 35. The van der Waals surface area contributed by atoms with Crippen molar-refractivity contribution in [3.8, 4) is 0 Å². The Hall–Kier alpha value is -0.0800. The second-order valence-corrected chi connectivity index (χ2v) is 15.6. The third-order valence-corrected chi connectivity index (χ3v) is 9.79. The molecule has 0 bridgehead atoms. The van der Waals surface area contributed by atoms with Crippen LogP contribution in [-0.2, 0) is 0 Å². The van der Waals surface area contributed by atoms with Gasteiger partial charge < -0.3 is 12.3 Å². The molecule has 2 nitrogen and oxygen atoms in total. The van der Waals surface area contributed by atoms with E-state index in [9.17, 15) is 0 Å². The van der Waals surface area contributed by atoms with Crippen LogP contribution in [0.15, 0.2) is 0 Å². The summed E-state index contributed by atoms with van der Waals surface area (Å²) in [7, 11) is 0. The van der Waals surface area contributed by atoms with Crippen LogP contribution in [-0.4, -0.2) is 0 Å². The maximum atomic E-state index is 2.27. The zero-order valence-electron chi connectivity index (χ0n) is 39.7. The maximum absolute atomic E-state index is 2.27. The van der Waals surface area contributed by atoms with Gasteiger partial charge in [-0.15, -0.1) is 0 Å². The summed E-state index contributed by atoms with van der Waals surface area (Å²) in [5.41, 5.74) is 0. The zero-order valence-corrected chi connectivity index (χ0v) is 39.7. The molecule has 6 N–H and O–H groups in total. The summed E-state index contributed by atoms with van der Waals surface area (Å²) >= 11 is 0. The van der Waals surface area contributed by atoms with Crippen LogP contribution in [0, 0.1) is 0 Å². The highest BCUT2D eigenvalue weighted by Gasteiger charge is 1.91. The van der Waals surface area contributed by atoms with E-state index in [0.29, 0.717) is 0 Å². The first-order valence-corrected chi connectivity index (χ1v) is 24.6. The van der Waals surface area contributed by atoms with Gasteiger partial charge in [0, 0.05) is 0 Å². The number of hydrogen-bond donors (Lipinski definition) is 2. The van der Waals surface area contributed by atoms with Gasteiger partial charge in [0.2, 0.25) is 0 Å². The molecule has 0 heterocycles. The lowest BCUT2D eigenvalue weighted by Crippen LogP contribution is -1.77. The van der Waals surface area contributed by atoms with Crippen LogP contribution in [0.3, 0.4) is 0 Å². The van der Waals surface area contributed by atoms with Crippen LogP contribution in [0.5, 0.6) is 0 Å². The van der Waals surface area contributed by atoms with Crippen LogP contribution in [0.2, 0.25) is 0 Å². The predicted octanol–water partition coefficient (Wildman–Crippen LogP) is 21.1. The highest BCUT2D eigenvalue weighted by molar-refractivity contribution is 4.46. The molecule has 0 aromatic heterocycles. The predicted molar refractivity (Wildman–Crippen MR) is 251 cm³/mol. The highest BCUT2D eigenvalue weighted by Crippen LogP contribution is 2.10. The van der Waals surface area contributed by atoms with E-state index in [1.807, 2.05) is 0 Å². The molecule has 0 amide bonds. The molecule has 0 aromatic carbocycles. The Bertz CT molecular complexity index is 305. The number of rotatable bonds is 35. The second-order valence-electron chi connectivity index (χ2n) is 15.6. The summed E-state index contributed by atoms with van der Waals surface area (Å²) < 4.78 is 0. The first-order valence-electron chi connectivity index (χ1n) is 24.6. The normalized spacial score (nSPS) is 9.81. The van der Waals surface area contributed by atoms with E-state index < -0.39 is 0 Å². The van der Waals surface area contributed by atoms with Crippen molar-refractivity contribution in [2.45, 2.75) is 326 Å². The molecular formula is C50H116N2. The third kappa shape index (κ3) is 98.0. The van der Waals surface area contributed by atoms with E-state index >= 15 is 0 Å². The fourth-order valence-electron chi connectivity index (χ4n) is 6.04. The molecule has 52 heavy (non-hydrogen) atoms. The van der Waals surface area contributed by atoms with Gasteiger partial charge in [-0.1, -0.05) is 326 Å². The van der Waals surface area contributed by atoms with Crippen molar-refractivity contribution in [2.24, 2.45) is 0 Å². The van der Waals surface area contributed by atoms with Crippen molar-refractivity contribution in [3.63, 3.8) is 0 Å². The first-order chi connectivity index (χ1) is 24.6. The minimum Gasteiger partial charge on any atom is -0.344 e. The average molecular weight is 745 g/mol. The van der Waals surface area contributed by atoms with E-state index in [1.165, 1.54) is 257 Å². The van der Waals surface area contributed by atoms with Gasteiger partial charge in [0.1, 0.15) is 0 Å². The maximum Gasteiger partial charge on any atom is -0.0533 e. The number of hydrogen-bond acceptors (Lipinski definition) is 2. The average Bonchev–Trinajstić information content (AvgIpc) is 3.13. The molecule has 0 rings (SSSR count). The molecule has 0 unspecified atom stereocenters. The van der Waals surface area contributed by atoms with Crippen molar-refractivity contribution in [1.82, 2.24) is 12.3 Å². The van der Waals surface area contributed by atoms with Gasteiger partial charge in [-0.3, -0.25) is 0 Å². The van der Waals surface area contributed by atoms with Gasteiger partial charge in [0.15, 0.2) is 0 Å². The molecule has 326 valence electrons. The van der Waals surface area contributed by atoms with Crippen LogP contribution < -0.4 is 12.3 Å². The summed E-state index contributed by atoms with van der Waals surface area (Å²) in [6, 6.07) is 0. The highest BCUT2D eigenvalue weighted by atomic mass is 14.0. The standard InChI is InChI=1S/5C10H22.2H3N/c5*1-3-5-7-9-10-8-6-4-2;;/h5*3-10H2,1-2H3;2*1H3. The lowest BCUT2D eigenvalue weighted by Gasteiger charge is -1.97. The van der Waals surface area contributed by atoms with E-state index in [1.54, 1.807) is 0 Å². The smallest absolute Gasteiger partial charge is 0.0533 e. The van der Waals surface area contributed by atoms with Gasteiger partial charge in [0.25, 0.3) is 0 Å². The van der Waals surface area contributed by atoms with Gasteiger partial charge in [-0.25, -0.2) is 0 Å². The van der Waals surface area contributed by atoms with Gasteiger partial charge >= 0.3 is 0 Å². The van der Waals surface area contributed by atoms with Crippen LogP contribution >= 0.6 is 0 Å². The van der Waals surface area contributed by atoms with E-state index in [0.717, 1.165) is 0 Å². The third-order valence-electron chi connectivity index (χ3n) is 9.79. The van der Waals surface area contributed by atoms with Crippen molar-refractivity contribution >= 4 is 0 Å². The molecule has 0 aromatic rings. The largest absolute Gasteiger partial charge is 0.344 e. The molecule has 2 heteroatoms. The molecule has 0 radical (unpaired) electrons. The van der Waals surface area contributed by atoms with Gasteiger partial charge in [0.05, 0.1) is 0 Å². The Morgan fingerprint density at radius 1 is 0.115 bits per heavy atom. The fourth-order valence-corrected chi connectivity index (χ4v) is 6.04. The van der Waals surface area contributed by atoms with Crippen molar-refractivity contribution < 1.29 is 0 Å². The first kappa shape index (κ1) is 66.7. The summed E-state index contributed by atoms with van der Waals surface area (Å²) in [4.78, 5) is 0. The molecule has 0 aliphatic carbocycles. The van der Waals surface area contributed by atoms with Gasteiger partial charge in [-0.05, 0) is 0 Å².